The Bertz CT molecular complexity index is 1390. The minimum Gasteiger partial charge on any atom is -0.480 e. The van der Waals surface area contributed by atoms with Gasteiger partial charge < -0.3 is 10.8 Å². The monoisotopic (exact) mass is 367 g/mol. The van der Waals surface area contributed by atoms with E-state index in [2.05, 4.69) is 24.3 Å². The third kappa shape index (κ3) is 2.56. The van der Waals surface area contributed by atoms with Gasteiger partial charge in [0.05, 0.1) is 22.1 Å². The van der Waals surface area contributed by atoms with E-state index in [1.54, 1.807) is 0 Å². The molecular weight excluding hydrogens is 350 g/mol. The Hall–Kier alpha value is -3.57. The van der Waals surface area contributed by atoms with Crippen molar-refractivity contribution in [2.24, 2.45) is 5.73 Å². The van der Waals surface area contributed by atoms with E-state index >= 15 is 0 Å². The summed E-state index contributed by atoms with van der Waals surface area (Å²) in [6, 6.07) is 21.1. The number of nitrogens with two attached hydrogens (primary N) is 1. The molecule has 5 aromatic rings. The molecule has 1 atom stereocenters. The zero-order chi connectivity index (χ0) is 19.3. The third-order valence-corrected chi connectivity index (χ3v) is 5.16. The highest BCUT2D eigenvalue weighted by Crippen LogP contribution is 2.33. The van der Waals surface area contributed by atoms with Gasteiger partial charge in [-0.1, -0.05) is 54.6 Å². The predicted molar refractivity (Wildman–Crippen MR) is 111 cm³/mol. The normalized spacial score (nSPS) is 12.8. The van der Waals surface area contributed by atoms with Crippen molar-refractivity contribution in [3.63, 3.8) is 0 Å². The maximum Gasteiger partial charge on any atom is 0.320 e. The van der Waals surface area contributed by atoms with Crippen LogP contribution in [0.5, 0.6) is 0 Å². The molecule has 3 N–H and O–H groups in total. The van der Waals surface area contributed by atoms with E-state index in [-0.39, 0.29) is 6.42 Å². The fourth-order valence-corrected chi connectivity index (χ4v) is 3.79. The van der Waals surface area contributed by atoms with Crippen molar-refractivity contribution >= 4 is 49.6 Å². The number of hydrogen-bond donors (Lipinski definition) is 2. The highest BCUT2D eigenvalue weighted by molar-refractivity contribution is 6.23. The molecule has 0 radical (unpaired) electrons. The number of carboxylic acid groups (broad SMARTS) is 1. The molecule has 0 aliphatic rings. The van der Waals surface area contributed by atoms with Crippen LogP contribution >= 0.6 is 0 Å². The zero-order valence-electron chi connectivity index (χ0n) is 15.0. The smallest absolute Gasteiger partial charge is 0.320 e. The Morgan fingerprint density at radius 3 is 1.93 bits per heavy atom. The lowest BCUT2D eigenvalue weighted by Gasteiger charge is -2.11. The summed E-state index contributed by atoms with van der Waals surface area (Å²) in [5, 5.41) is 13.5. The molecule has 5 rings (SSSR count). The van der Waals surface area contributed by atoms with Crippen LogP contribution in [0.4, 0.5) is 0 Å². The van der Waals surface area contributed by atoms with Gasteiger partial charge in [0.1, 0.15) is 6.04 Å². The van der Waals surface area contributed by atoms with Gasteiger partial charge in [-0.15, -0.1) is 0 Å². The number of aliphatic carboxylic acids is 1. The van der Waals surface area contributed by atoms with Crippen LogP contribution in [-0.4, -0.2) is 27.1 Å². The van der Waals surface area contributed by atoms with Gasteiger partial charge >= 0.3 is 5.97 Å². The third-order valence-electron chi connectivity index (χ3n) is 5.16. The van der Waals surface area contributed by atoms with Crippen molar-refractivity contribution in [1.29, 1.82) is 0 Å². The number of benzene rings is 4. The summed E-state index contributed by atoms with van der Waals surface area (Å²) in [4.78, 5) is 20.9. The second-order valence-electron chi connectivity index (χ2n) is 6.98. The molecule has 136 valence electrons. The molecule has 1 heterocycles. The molecule has 4 aromatic carbocycles. The van der Waals surface area contributed by atoms with Gasteiger partial charge in [-0.05, 0) is 34.9 Å². The van der Waals surface area contributed by atoms with E-state index in [1.807, 2.05) is 42.5 Å². The molecule has 1 aromatic heterocycles. The maximum atomic E-state index is 11.1. The van der Waals surface area contributed by atoms with Gasteiger partial charge in [-0.2, -0.15) is 0 Å². The summed E-state index contributed by atoms with van der Waals surface area (Å²) in [5.41, 5.74) is 9.76. The first kappa shape index (κ1) is 16.6. The molecule has 0 amide bonds. The summed E-state index contributed by atoms with van der Waals surface area (Å²) < 4.78 is 0. The molecule has 0 aliphatic carbocycles. The molecule has 0 saturated carbocycles. The van der Waals surface area contributed by atoms with Crippen LogP contribution in [0.15, 0.2) is 66.7 Å². The van der Waals surface area contributed by atoms with Crippen molar-refractivity contribution < 1.29 is 9.90 Å². The van der Waals surface area contributed by atoms with Crippen LogP contribution < -0.4 is 5.73 Å². The van der Waals surface area contributed by atoms with Crippen molar-refractivity contribution in [2.75, 3.05) is 0 Å². The molecule has 28 heavy (non-hydrogen) atoms. The van der Waals surface area contributed by atoms with E-state index < -0.39 is 12.0 Å². The van der Waals surface area contributed by atoms with Crippen molar-refractivity contribution in [2.45, 2.75) is 12.5 Å². The first-order valence-electron chi connectivity index (χ1n) is 9.10. The Kier molecular flexibility index (Phi) is 3.70. The van der Waals surface area contributed by atoms with Crippen LogP contribution in [0.3, 0.4) is 0 Å². The average molecular weight is 367 g/mol. The average Bonchev–Trinajstić information content (AvgIpc) is 2.72. The molecule has 0 saturated heterocycles. The Morgan fingerprint density at radius 2 is 1.36 bits per heavy atom. The topological polar surface area (TPSA) is 89.1 Å². The van der Waals surface area contributed by atoms with Crippen molar-refractivity contribution in [3.8, 4) is 0 Å². The molecule has 0 bridgehead atoms. The van der Waals surface area contributed by atoms with Gasteiger partial charge in [-0.25, -0.2) is 9.97 Å². The largest absolute Gasteiger partial charge is 0.480 e. The molecule has 0 spiro atoms. The molecular formula is C23H17N3O2. The SMILES string of the molecule is NC(Cc1ccc2nc3c4ccccc4c4ccccc4c3nc2c1)C(=O)O. The predicted octanol–water partition coefficient (Wildman–Crippen LogP) is 4.04. The van der Waals surface area contributed by atoms with Crippen LogP contribution in [0.2, 0.25) is 0 Å². The summed E-state index contributed by atoms with van der Waals surface area (Å²) in [5.74, 6) is -1.01. The molecule has 5 heteroatoms. The lowest BCUT2D eigenvalue weighted by atomic mass is 9.99. The standard InChI is InChI=1S/C23H17N3O2/c24-18(23(27)28)11-13-9-10-19-20(12-13)26-22-17-8-4-2-6-15(17)14-5-1-3-7-16(14)21(22)25-19/h1-10,12,18H,11,24H2,(H,27,28). The number of carboxylic acids is 1. The Morgan fingerprint density at radius 1 is 0.821 bits per heavy atom. The molecule has 5 nitrogen and oxygen atoms in total. The fourth-order valence-electron chi connectivity index (χ4n) is 3.79. The maximum absolute atomic E-state index is 11.1. The van der Waals surface area contributed by atoms with Crippen molar-refractivity contribution in [3.05, 3.63) is 72.3 Å². The van der Waals surface area contributed by atoms with Crippen LogP contribution in [-0.2, 0) is 11.2 Å². The first-order valence-corrected chi connectivity index (χ1v) is 9.10. The lowest BCUT2D eigenvalue weighted by Crippen LogP contribution is -2.32. The van der Waals surface area contributed by atoms with Gasteiger partial charge in [0.2, 0.25) is 0 Å². The molecule has 1 unspecified atom stereocenters. The van der Waals surface area contributed by atoms with E-state index in [0.717, 1.165) is 49.2 Å². The number of hydrogen-bond acceptors (Lipinski definition) is 4. The van der Waals surface area contributed by atoms with E-state index in [0.29, 0.717) is 0 Å². The number of nitrogens with zero attached hydrogens (tertiary/aromatic N) is 2. The van der Waals surface area contributed by atoms with E-state index in [1.165, 1.54) is 0 Å². The summed E-state index contributed by atoms with van der Waals surface area (Å²) >= 11 is 0. The minimum atomic E-state index is -1.01. The summed E-state index contributed by atoms with van der Waals surface area (Å²) in [6.45, 7) is 0. The van der Waals surface area contributed by atoms with Crippen LogP contribution in [0, 0.1) is 0 Å². The Balaban J connectivity index is 1.83. The summed E-state index contributed by atoms with van der Waals surface area (Å²) in [6.07, 6.45) is 0.253. The highest BCUT2D eigenvalue weighted by Gasteiger charge is 2.14. The van der Waals surface area contributed by atoms with Gasteiger partial charge in [0.25, 0.3) is 0 Å². The first-order chi connectivity index (χ1) is 13.6. The quantitative estimate of drug-likeness (QED) is 0.371. The van der Waals surface area contributed by atoms with E-state index in [9.17, 15) is 4.79 Å². The minimum absolute atomic E-state index is 0.253. The fraction of sp³-hybridized carbons (Fsp3) is 0.0870. The number of fused-ring (bicyclic) bond motifs is 7. The Labute approximate surface area is 160 Å². The van der Waals surface area contributed by atoms with Gasteiger partial charge in [0, 0.05) is 10.8 Å². The van der Waals surface area contributed by atoms with Gasteiger partial charge in [-0.3, -0.25) is 4.79 Å². The molecule has 0 fully saturated rings. The zero-order valence-corrected chi connectivity index (χ0v) is 15.0. The number of carbonyl (C=O) groups is 1. The summed E-state index contributed by atoms with van der Waals surface area (Å²) in [7, 11) is 0. The second kappa shape index (κ2) is 6.25. The molecule has 0 aliphatic heterocycles. The van der Waals surface area contributed by atoms with Crippen LogP contribution in [0.25, 0.3) is 43.6 Å². The number of rotatable bonds is 3. The van der Waals surface area contributed by atoms with E-state index in [4.69, 9.17) is 20.8 Å². The van der Waals surface area contributed by atoms with Gasteiger partial charge in [0.15, 0.2) is 0 Å². The number of aromatic nitrogens is 2. The van der Waals surface area contributed by atoms with Crippen molar-refractivity contribution in [1.82, 2.24) is 9.97 Å². The highest BCUT2D eigenvalue weighted by atomic mass is 16.4. The lowest BCUT2D eigenvalue weighted by molar-refractivity contribution is -0.138. The second-order valence-corrected chi connectivity index (χ2v) is 6.98. The van der Waals surface area contributed by atoms with Crippen LogP contribution in [0.1, 0.15) is 5.56 Å².